The van der Waals surface area contributed by atoms with Crippen molar-refractivity contribution in [1.82, 2.24) is 14.7 Å². The molecule has 0 bridgehead atoms. The molecular weight excluding hydrogens is 246 g/mol. The standard InChI is InChI=1S/C13H19N3O3/c1-8-9(2)14-15(3)12(18)11(8)13(19)16-5-4-10(6-16)7-17/h10,17H,4-7H2,1-3H3. The maximum Gasteiger partial charge on any atom is 0.279 e. The molecule has 1 aliphatic heterocycles. The van der Waals surface area contributed by atoms with Crippen LogP contribution in [0.2, 0.25) is 0 Å². The number of carbonyl (C=O) groups is 1. The van der Waals surface area contributed by atoms with Gasteiger partial charge in [-0.05, 0) is 25.8 Å². The van der Waals surface area contributed by atoms with Crippen LogP contribution in [-0.4, -0.2) is 45.4 Å². The quantitative estimate of drug-likeness (QED) is 0.807. The molecule has 1 aliphatic rings. The van der Waals surface area contributed by atoms with Gasteiger partial charge in [0.05, 0.1) is 5.69 Å². The van der Waals surface area contributed by atoms with E-state index in [-0.39, 0.29) is 29.6 Å². The van der Waals surface area contributed by atoms with E-state index in [1.165, 1.54) is 4.68 Å². The number of aromatic nitrogens is 2. The molecule has 19 heavy (non-hydrogen) atoms. The summed E-state index contributed by atoms with van der Waals surface area (Å²) in [6, 6.07) is 0. The van der Waals surface area contributed by atoms with Crippen LogP contribution in [-0.2, 0) is 7.05 Å². The highest BCUT2D eigenvalue weighted by Gasteiger charge is 2.29. The number of hydrogen-bond donors (Lipinski definition) is 1. The van der Waals surface area contributed by atoms with Crippen LogP contribution in [0.25, 0.3) is 0 Å². The van der Waals surface area contributed by atoms with Crippen LogP contribution in [0.4, 0.5) is 0 Å². The Labute approximate surface area is 111 Å². The van der Waals surface area contributed by atoms with Crippen LogP contribution in [0.1, 0.15) is 28.0 Å². The summed E-state index contributed by atoms with van der Waals surface area (Å²) >= 11 is 0. The summed E-state index contributed by atoms with van der Waals surface area (Å²) in [6.45, 7) is 4.71. The molecule has 0 radical (unpaired) electrons. The number of amides is 1. The zero-order valence-electron chi connectivity index (χ0n) is 11.5. The summed E-state index contributed by atoms with van der Waals surface area (Å²) < 4.78 is 1.20. The molecule has 6 nitrogen and oxygen atoms in total. The van der Waals surface area contributed by atoms with Crippen molar-refractivity contribution in [2.45, 2.75) is 20.3 Å². The van der Waals surface area contributed by atoms with Gasteiger partial charge in [-0.1, -0.05) is 0 Å². The lowest BCUT2D eigenvalue weighted by molar-refractivity contribution is 0.0778. The monoisotopic (exact) mass is 265 g/mol. The fraction of sp³-hybridized carbons (Fsp3) is 0.615. The smallest absolute Gasteiger partial charge is 0.279 e. The molecule has 1 N–H and O–H groups in total. The van der Waals surface area contributed by atoms with Gasteiger partial charge in [-0.2, -0.15) is 5.10 Å². The molecule has 1 aromatic rings. The van der Waals surface area contributed by atoms with Crippen molar-refractivity contribution in [1.29, 1.82) is 0 Å². The van der Waals surface area contributed by atoms with Gasteiger partial charge in [0.25, 0.3) is 11.5 Å². The molecule has 1 atom stereocenters. The Morgan fingerprint density at radius 3 is 2.74 bits per heavy atom. The maximum atomic E-state index is 12.5. The normalized spacial score (nSPS) is 18.9. The molecule has 1 fully saturated rings. The van der Waals surface area contributed by atoms with Gasteiger partial charge < -0.3 is 10.0 Å². The highest BCUT2D eigenvalue weighted by Crippen LogP contribution is 2.18. The van der Waals surface area contributed by atoms with Crippen molar-refractivity contribution in [2.24, 2.45) is 13.0 Å². The van der Waals surface area contributed by atoms with Gasteiger partial charge in [0.2, 0.25) is 0 Å². The minimum Gasteiger partial charge on any atom is -0.396 e. The average Bonchev–Trinajstić information content (AvgIpc) is 2.85. The van der Waals surface area contributed by atoms with Crippen LogP contribution >= 0.6 is 0 Å². The number of carbonyl (C=O) groups excluding carboxylic acids is 1. The van der Waals surface area contributed by atoms with Gasteiger partial charge in [0.15, 0.2) is 0 Å². The van der Waals surface area contributed by atoms with Gasteiger partial charge in [-0.25, -0.2) is 4.68 Å². The SMILES string of the molecule is Cc1nn(C)c(=O)c(C(=O)N2CCC(CO)C2)c1C. The summed E-state index contributed by atoms with van der Waals surface area (Å²) in [5, 5.41) is 13.2. The molecule has 2 rings (SSSR count). The van der Waals surface area contributed by atoms with Crippen LogP contribution in [0.5, 0.6) is 0 Å². The second-order valence-corrected chi connectivity index (χ2v) is 5.10. The molecule has 1 aromatic heterocycles. The second kappa shape index (κ2) is 5.13. The third-order valence-corrected chi connectivity index (χ3v) is 3.77. The van der Waals surface area contributed by atoms with Crippen LogP contribution in [0.3, 0.4) is 0 Å². The molecule has 2 heterocycles. The van der Waals surface area contributed by atoms with E-state index in [4.69, 9.17) is 5.11 Å². The Balaban J connectivity index is 2.37. The molecule has 1 unspecified atom stereocenters. The molecular formula is C13H19N3O3. The lowest BCUT2D eigenvalue weighted by Crippen LogP contribution is -2.37. The number of likely N-dealkylation sites (tertiary alicyclic amines) is 1. The Kier molecular flexibility index (Phi) is 3.71. The van der Waals surface area contributed by atoms with Crippen LogP contribution in [0, 0.1) is 19.8 Å². The minimum atomic E-state index is -0.361. The zero-order valence-corrected chi connectivity index (χ0v) is 11.5. The van der Waals surface area contributed by atoms with Crippen LogP contribution < -0.4 is 5.56 Å². The van der Waals surface area contributed by atoms with E-state index in [2.05, 4.69) is 5.10 Å². The predicted octanol–water partition coefficient (Wildman–Crippen LogP) is -0.148. The van der Waals surface area contributed by atoms with E-state index >= 15 is 0 Å². The molecule has 0 aliphatic carbocycles. The van der Waals surface area contributed by atoms with Crippen molar-refractivity contribution >= 4 is 5.91 Å². The van der Waals surface area contributed by atoms with Crippen molar-refractivity contribution in [3.63, 3.8) is 0 Å². The first-order valence-corrected chi connectivity index (χ1v) is 6.40. The molecule has 0 aromatic carbocycles. The number of hydrogen-bond acceptors (Lipinski definition) is 4. The lowest BCUT2D eigenvalue weighted by Gasteiger charge is -2.18. The summed E-state index contributed by atoms with van der Waals surface area (Å²) in [5.41, 5.74) is 1.16. The van der Waals surface area contributed by atoms with Crippen molar-refractivity contribution in [2.75, 3.05) is 19.7 Å². The van der Waals surface area contributed by atoms with Gasteiger partial charge in [-0.15, -0.1) is 0 Å². The number of aliphatic hydroxyl groups excluding tert-OH is 1. The molecule has 0 saturated carbocycles. The predicted molar refractivity (Wildman–Crippen MR) is 70.0 cm³/mol. The topological polar surface area (TPSA) is 75.4 Å². The van der Waals surface area contributed by atoms with Crippen LogP contribution in [0.15, 0.2) is 4.79 Å². The molecule has 104 valence electrons. The van der Waals surface area contributed by atoms with E-state index in [1.807, 2.05) is 0 Å². The highest BCUT2D eigenvalue weighted by atomic mass is 16.3. The van der Waals surface area contributed by atoms with E-state index in [9.17, 15) is 9.59 Å². The second-order valence-electron chi connectivity index (χ2n) is 5.10. The number of aliphatic hydroxyl groups is 1. The molecule has 1 amide bonds. The van der Waals surface area contributed by atoms with Crippen molar-refractivity contribution < 1.29 is 9.90 Å². The number of rotatable bonds is 2. The van der Waals surface area contributed by atoms with Gasteiger partial charge >= 0.3 is 0 Å². The lowest BCUT2D eigenvalue weighted by atomic mass is 10.1. The molecule has 0 spiro atoms. The van der Waals surface area contributed by atoms with Crippen molar-refractivity contribution in [3.8, 4) is 0 Å². The Hall–Kier alpha value is -1.69. The van der Waals surface area contributed by atoms with E-state index < -0.39 is 0 Å². The first-order chi connectivity index (χ1) is 8.95. The summed E-state index contributed by atoms with van der Waals surface area (Å²) in [5.74, 6) is -0.129. The van der Waals surface area contributed by atoms with Gasteiger partial charge in [0, 0.05) is 32.7 Å². The first kappa shape index (κ1) is 13.7. The molecule has 6 heteroatoms. The highest BCUT2D eigenvalue weighted by molar-refractivity contribution is 5.95. The van der Waals surface area contributed by atoms with E-state index in [0.717, 1.165) is 6.42 Å². The number of aryl methyl sites for hydroxylation is 2. The van der Waals surface area contributed by atoms with Gasteiger partial charge in [0.1, 0.15) is 5.56 Å². The fourth-order valence-corrected chi connectivity index (χ4v) is 2.42. The first-order valence-electron chi connectivity index (χ1n) is 6.40. The summed E-state index contributed by atoms with van der Waals surface area (Å²) in [7, 11) is 1.55. The zero-order chi connectivity index (χ0) is 14.2. The average molecular weight is 265 g/mol. The minimum absolute atomic E-state index is 0.0795. The van der Waals surface area contributed by atoms with Gasteiger partial charge in [-0.3, -0.25) is 9.59 Å². The third-order valence-electron chi connectivity index (χ3n) is 3.77. The maximum absolute atomic E-state index is 12.5. The summed E-state index contributed by atoms with van der Waals surface area (Å²) in [6.07, 6.45) is 0.783. The fourth-order valence-electron chi connectivity index (χ4n) is 2.42. The Morgan fingerprint density at radius 1 is 1.47 bits per heavy atom. The number of nitrogens with zero attached hydrogens (tertiary/aromatic N) is 3. The van der Waals surface area contributed by atoms with Crippen molar-refractivity contribution in [3.05, 3.63) is 27.2 Å². The molecule has 1 saturated heterocycles. The Morgan fingerprint density at radius 2 is 2.16 bits per heavy atom. The van der Waals surface area contributed by atoms with E-state index in [0.29, 0.717) is 24.3 Å². The summed E-state index contributed by atoms with van der Waals surface area (Å²) in [4.78, 5) is 26.2. The Bertz CT molecular complexity index is 565. The third kappa shape index (κ3) is 2.40. The largest absolute Gasteiger partial charge is 0.396 e. The van der Waals surface area contributed by atoms with E-state index in [1.54, 1.807) is 25.8 Å².